The number of amidine groups is 1. The van der Waals surface area contributed by atoms with Crippen molar-refractivity contribution in [2.45, 2.75) is 63.2 Å². The number of anilines is 2. The van der Waals surface area contributed by atoms with E-state index in [1.807, 2.05) is 0 Å². The number of halogens is 9. The fourth-order valence-electron chi connectivity index (χ4n) is 8.58. The molecular weight excluding hydrogens is 916 g/mol. The Morgan fingerprint density at radius 1 is 0.985 bits per heavy atom. The zero-order valence-electron chi connectivity index (χ0n) is 33.7. The normalized spacial score (nSPS) is 17.8. The van der Waals surface area contributed by atoms with Gasteiger partial charge in [0.2, 0.25) is 15.9 Å². The summed E-state index contributed by atoms with van der Waals surface area (Å²) in [4.78, 5) is 28.9. The highest BCUT2D eigenvalue weighted by Crippen LogP contribution is 2.68. The van der Waals surface area contributed by atoms with Gasteiger partial charge in [-0.1, -0.05) is 23.7 Å². The third-order valence-corrected chi connectivity index (χ3v) is 12.1. The number of carbonyl (C=O) groups is 1. The third-order valence-electron chi connectivity index (χ3n) is 11.2. The van der Waals surface area contributed by atoms with Gasteiger partial charge < -0.3 is 15.0 Å². The van der Waals surface area contributed by atoms with E-state index < -0.39 is 95.1 Å². The van der Waals surface area contributed by atoms with E-state index in [1.165, 1.54) is 36.5 Å². The minimum atomic E-state index is -4.06. The number of amides is 1. The van der Waals surface area contributed by atoms with Crippen molar-refractivity contribution in [1.29, 1.82) is 0 Å². The molecule has 1 amide bonds. The van der Waals surface area contributed by atoms with Gasteiger partial charge in [-0.15, -0.1) is 0 Å². The first-order chi connectivity index (χ1) is 30.8. The van der Waals surface area contributed by atoms with Crippen LogP contribution in [0.4, 0.5) is 52.3 Å². The summed E-state index contributed by atoms with van der Waals surface area (Å²) in [6, 6.07) is 9.04. The molecule has 2 N–H and O–H groups in total. The quantitative estimate of drug-likeness (QED) is 0.104. The fourth-order valence-corrected chi connectivity index (χ4v) is 9.31. The van der Waals surface area contributed by atoms with Gasteiger partial charge in [-0.3, -0.25) is 18.9 Å². The highest BCUT2D eigenvalue weighted by molar-refractivity contribution is 7.92. The molecule has 1 aliphatic heterocycles. The van der Waals surface area contributed by atoms with Crippen molar-refractivity contribution in [2.24, 2.45) is 10.9 Å². The van der Waals surface area contributed by atoms with Crippen molar-refractivity contribution in [3.8, 4) is 17.1 Å². The predicted molar refractivity (Wildman–Crippen MR) is 220 cm³/mol. The second kappa shape index (κ2) is 16.3. The number of ether oxygens (including phenoxy) is 1. The van der Waals surface area contributed by atoms with Crippen molar-refractivity contribution in [3.63, 3.8) is 0 Å². The number of sulfonamides is 1. The minimum absolute atomic E-state index is 0.0196. The van der Waals surface area contributed by atoms with Crippen LogP contribution in [0.1, 0.15) is 46.8 Å². The van der Waals surface area contributed by atoms with Gasteiger partial charge >= 0.3 is 6.01 Å². The van der Waals surface area contributed by atoms with E-state index in [0.29, 0.717) is 27.4 Å². The summed E-state index contributed by atoms with van der Waals surface area (Å²) in [6.45, 7) is -2.19. The maximum absolute atomic E-state index is 15.6. The van der Waals surface area contributed by atoms with Crippen LogP contribution in [0.3, 0.4) is 0 Å². The van der Waals surface area contributed by atoms with Crippen LogP contribution in [0.25, 0.3) is 22.0 Å². The summed E-state index contributed by atoms with van der Waals surface area (Å²) in [5.41, 5.74) is -0.182. The first kappa shape index (κ1) is 43.9. The van der Waals surface area contributed by atoms with Crippen LogP contribution in [0.2, 0.25) is 5.02 Å². The van der Waals surface area contributed by atoms with Crippen molar-refractivity contribution in [3.05, 3.63) is 106 Å². The van der Waals surface area contributed by atoms with Crippen molar-refractivity contribution in [1.82, 2.24) is 34.8 Å². The molecule has 3 aromatic heterocycles. The third kappa shape index (κ3) is 8.30. The Hall–Kier alpha value is -6.36. The van der Waals surface area contributed by atoms with E-state index in [4.69, 9.17) is 21.3 Å². The van der Waals surface area contributed by atoms with Crippen LogP contribution in [-0.2, 0) is 46.8 Å². The largest absolute Gasteiger partial charge is 0.467 e. The molecule has 0 saturated heterocycles. The number of methoxy groups -OCH3 is 1. The molecule has 340 valence electrons. The zero-order valence-corrected chi connectivity index (χ0v) is 35.3. The SMILES string of the molecule is COc1ncc(-c2ccc3c(c2)N=C([C@H](Cc2cc(F)cc(F)c2)NC(=O)Cn2nc(C(F)F)c4c2C(F)(F)[C@@H]2C[C@H]42)N(c2ccc(Cl)c4c(NS(C)(=O)=O)nn(CC(F)F)c24)C3)cn1. The Morgan fingerprint density at radius 3 is 2.37 bits per heavy atom. The van der Waals surface area contributed by atoms with E-state index in [0.717, 1.165) is 23.1 Å². The summed E-state index contributed by atoms with van der Waals surface area (Å²) in [5.74, 6) is -9.15. The van der Waals surface area contributed by atoms with Crippen molar-refractivity contribution < 1.29 is 53.1 Å². The number of alkyl halides is 6. The number of benzene rings is 3. The first-order valence-electron chi connectivity index (χ1n) is 19.6. The molecule has 3 aliphatic rings. The maximum atomic E-state index is 15.6. The smallest absolute Gasteiger partial charge is 0.316 e. The predicted octanol–water partition coefficient (Wildman–Crippen LogP) is 7.89. The standard InChI is InChI=1S/C41H33ClF8N10O4S/c1-64-40-51-13-21(14-52-40)19-3-4-20-15-58(29-6-5-26(42)33-35(29)59(16-30(45)46)56-38(33)57-65(2,62)63)39(54-27(20)10-19)28(9-18-7-22(43)11-23(44)8-18)53-31(61)17-60-36-32(34(55-60)37(47)48)24-12-25(24)41(36,49)50/h3-8,10-11,13-14,24-25,28,30,37H,9,12,15-17H2,1-2H3,(H,53,61)(H,56,57)/t24-,25+,28-/m0/s1. The number of aliphatic imine (C=N–C) groups is 1. The van der Waals surface area contributed by atoms with Gasteiger partial charge in [-0.25, -0.2) is 49.7 Å². The topological polar surface area (TPSA) is 162 Å². The summed E-state index contributed by atoms with van der Waals surface area (Å²) >= 11 is 6.62. The molecule has 6 aromatic rings. The number of fused-ring (bicyclic) bond motifs is 5. The first-order valence-corrected chi connectivity index (χ1v) is 21.9. The minimum Gasteiger partial charge on any atom is -0.467 e. The Morgan fingerprint density at radius 2 is 1.71 bits per heavy atom. The van der Waals surface area contributed by atoms with Gasteiger partial charge in [0.05, 0.1) is 53.3 Å². The number of nitrogens with zero attached hydrogens (tertiary/aromatic N) is 8. The lowest BCUT2D eigenvalue weighted by Crippen LogP contribution is -2.51. The molecule has 14 nitrogen and oxygen atoms in total. The van der Waals surface area contributed by atoms with Crippen LogP contribution in [0.15, 0.2) is 65.9 Å². The van der Waals surface area contributed by atoms with Crippen LogP contribution in [0, 0.1) is 17.6 Å². The van der Waals surface area contributed by atoms with Crippen molar-refractivity contribution >= 4 is 61.5 Å². The van der Waals surface area contributed by atoms with E-state index in [2.05, 4.69) is 30.2 Å². The lowest BCUT2D eigenvalue weighted by Gasteiger charge is -2.36. The summed E-state index contributed by atoms with van der Waals surface area (Å²) in [6.07, 6.45) is -2.90. The van der Waals surface area contributed by atoms with Crippen molar-refractivity contribution in [2.75, 3.05) is 23.0 Å². The number of rotatable bonds is 14. The summed E-state index contributed by atoms with van der Waals surface area (Å²) in [5, 5.41) is 10.4. The molecule has 4 heterocycles. The molecule has 0 unspecified atom stereocenters. The van der Waals surface area contributed by atoms with Crippen LogP contribution in [0.5, 0.6) is 6.01 Å². The van der Waals surface area contributed by atoms with Gasteiger partial charge in [0.15, 0.2) is 5.82 Å². The van der Waals surface area contributed by atoms with E-state index in [9.17, 15) is 39.6 Å². The average Bonchev–Trinajstić information content (AvgIpc) is 3.76. The molecule has 1 saturated carbocycles. The zero-order chi connectivity index (χ0) is 46.3. The summed E-state index contributed by atoms with van der Waals surface area (Å²) < 4.78 is 151. The fraction of sp³-hybridized carbons (Fsp3) is 0.317. The number of nitrogens with one attached hydrogen (secondary N) is 2. The molecular formula is C41H33ClF8N10O4S. The Kier molecular flexibility index (Phi) is 11.0. The lowest BCUT2D eigenvalue weighted by molar-refractivity contribution is -0.122. The summed E-state index contributed by atoms with van der Waals surface area (Å²) in [7, 11) is -2.67. The monoisotopic (exact) mass is 948 g/mol. The van der Waals surface area contributed by atoms with E-state index >= 15 is 8.78 Å². The van der Waals surface area contributed by atoms with E-state index in [1.54, 1.807) is 18.2 Å². The number of hydrogen-bond donors (Lipinski definition) is 2. The molecule has 1 fully saturated rings. The molecule has 24 heteroatoms. The Labute approximate surface area is 368 Å². The number of hydrogen-bond acceptors (Lipinski definition) is 10. The molecule has 0 spiro atoms. The Balaban J connectivity index is 1.21. The molecule has 0 bridgehead atoms. The number of carbonyl (C=O) groups excluding carboxylic acids is 1. The molecule has 65 heavy (non-hydrogen) atoms. The van der Waals surface area contributed by atoms with Gasteiger partial charge in [0.1, 0.15) is 41.9 Å². The Bertz CT molecular complexity index is 3020. The maximum Gasteiger partial charge on any atom is 0.316 e. The molecule has 0 radical (unpaired) electrons. The van der Waals surface area contributed by atoms with Crippen LogP contribution < -0.4 is 19.7 Å². The van der Waals surface area contributed by atoms with E-state index in [-0.39, 0.29) is 69.1 Å². The highest BCUT2D eigenvalue weighted by Gasteiger charge is 2.67. The molecule has 2 aliphatic carbocycles. The highest BCUT2D eigenvalue weighted by atomic mass is 35.5. The van der Waals surface area contributed by atoms with Gasteiger partial charge in [0, 0.05) is 41.9 Å². The van der Waals surface area contributed by atoms with Crippen LogP contribution >= 0.6 is 11.6 Å². The van der Waals surface area contributed by atoms with Crippen LogP contribution in [-0.4, -0.2) is 75.5 Å². The second-order valence-electron chi connectivity index (χ2n) is 15.7. The molecule has 3 atom stereocenters. The second-order valence-corrected chi connectivity index (χ2v) is 17.9. The molecule has 3 aromatic carbocycles. The number of aromatic nitrogens is 6. The average molecular weight is 949 g/mol. The van der Waals surface area contributed by atoms with Gasteiger partial charge in [-0.2, -0.15) is 19.0 Å². The lowest BCUT2D eigenvalue weighted by atomic mass is 9.99. The van der Waals surface area contributed by atoms with Gasteiger partial charge in [0.25, 0.3) is 18.8 Å². The molecule has 9 rings (SSSR count). The van der Waals surface area contributed by atoms with Gasteiger partial charge in [-0.05, 0) is 59.4 Å².